The molecule has 1 N–H and O–H groups in total. The second-order valence-corrected chi connectivity index (χ2v) is 8.41. The number of nitrogens with one attached hydrogen (secondary N) is 1. The second-order valence-electron chi connectivity index (χ2n) is 7.41. The zero-order valence-corrected chi connectivity index (χ0v) is 16.7. The molecule has 3 heterocycles. The van der Waals surface area contributed by atoms with Crippen molar-refractivity contribution >= 4 is 27.5 Å². The first-order valence-electron chi connectivity index (χ1n) is 9.42. The van der Waals surface area contributed by atoms with E-state index in [-0.39, 0.29) is 11.5 Å². The Balaban J connectivity index is 1.51. The van der Waals surface area contributed by atoms with Crippen LogP contribution in [-0.4, -0.2) is 46.5 Å². The van der Waals surface area contributed by atoms with E-state index in [1.165, 1.54) is 48.2 Å². The highest BCUT2D eigenvalue weighted by atomic mass is 32.1. The van der Waals surface area contributed by atoms with Crippen LogP contribution in [0.15, 0.2) is 11.1 Å². The van der Waals surface area contributed by atoms with Gasteiger partial charge < -0.3 is 14.8 Å². The van der Waals surface area contributed by atoms with Crippen molar-refractivity contribution in [3.63, 3.8) is 0 Å². The molecule has 6 nitrogen and oxygen atoms in total. The van der Waals surface area contributed by atoms with Crippen LogP contribution >= 0.6 is 11.3 Å². The summed E-state index contributed by atoms with van der Waals surface area (Å²) in [4.78, 5) is 32.8. The van der Waals surface area contributed by atoms with Gasteiger partial charge in [0.05, 0.1) is 16.6 Å². The fourth-order valence-electron chi connectivity index (χ4n) is 3.66. The van der Waals surface area contributed by atoms with Crippen LogP contribution in [0, 0.1) is 12.8 Å². The second kappa shape index (κ2) is 8.31. The largest absolute Gasteiger partial charge is 0.351 e. The average Bonchev–Trinajstić information content (AvgIpc) is 2.95. The standard InChI is InChI=1S/C19H28N4O2S/c1-13-7-6-10-23(11-13)9-5-4-8-20-17(24)16-14(2)15-18(26-16)21-12-22(3)19(15)25/h12-13H,4-11H2,1-3H3,(H,20,24). The predicted molar refractivity (Wildman–Crippen MR) is 106 cm³/mol. The first kappa shape index (κ1) is 19.0. The maximum Gasteiger partial charge on any atom is 0.262 e. The number of piperidine rings is 1. The van der Waals surface area contributed by atoms with Gasteiger partial charge in [0.25, 0.3) is 11.5 Å². The van der Waals surface area contributed by atoms with Crippen LogP contribution in [0.5, 0.6) is 0 Å². The number of unbranched alkanes of at least 4 members (excludes halogenated alkanes) is 1. The van der Waals surface area contributed by atoms with E-state index >= 15 is 0 Å². The molecule has 1 atom stereocenters. The van der Waals surface area contributed by atoms with Crippen LogP contribution in [0.4, 0.5) is 0 Å². The Hall–Kier alpha value is -1.73. The van der Waals surface area contributed by atoms with Crippen LogP contribution in [0.25, 0.3) is 10.2 Å². The molecule has 0 aliphatic carbocycles. The molecule has 0 bridgehead atoms. The van der Waals surface area contributed by atoms with Crippen molar-refractivity contribution in [1.82, 2.24) is 19.8 Å². The molecule has 0 spiro atoms. The minimum atomic E-state index is -0.0986. The summed E-state index contributed by atoms with van der Waals surface area (Å²) in [5, 5.41) is 3.56. The highest BCUT2D eigenvalue weighted by molar-refractivity contribution is 7.20. The molecular formula is C19H28N4O2S. The number of carbonyl (C=O) groups is 1. The Bertz CT molecular complexity index is 842. The number of aromatic nitrogens is 2. The third-order valence-corrected chi connectivity index (χ3v) is 6.34. The Morgan fingerprint density at radius 2 is 2.23 bits per heavy atom. The van der Waals surface area contributed by atoms with Gasteiger partial charge in [-0.1, -0.05) is 6.92 Å². The van der Waals surface area contributed by atoms with Crippen molar-refractivity contribution in [1.29, 1.82) is 0 Å². The van der Waals surface area contributed by atoms with Crippen molar-refractivity contribution in [2.75, 3.05) is 26.2 Å². The lowest BCUT2D eigenvalue weighted by Gasteiger charge is -2.30. The summed E-state index contributed by atoms with van der Waals surface area (Å²) in [6, 6.07) is 0. The zero-order chi connectivity index (χ0) is 18.7. The number of carbonyl (C=O) groups excluding carboxylic acids is 1. The molecule has 1 unspecified atom stereocenters. The first-order valence-corrected chi connectivity index (χ1v) is 10.2. The average molecular weight is 377 g/mol. The number of fused-ring (bicyclic) bond motifs is 1. The number of thiophene rings is 1. The molecule has 1 aliphatic heterocycles. The van der Waals surface area contributed by atoms with Crippen LogP contribution in [0.3, 0.4) is 0 Å². The fourth-order valence-corrected chi connectivity index (χ4v) is 4.71. The third-order valence-electron chi connectivity index (χ3n) is 5.14. The summed E-state index contributed by atoms with van der Waals surface area (Å²) in [5.74, 6) is 0.708. The van der Waals surface area contributed by atoms with E-state index in [4.69, 9.17) is 0 Å². The van der Waals surface area contributed by atoms with Gasteiger partial charge in [0.15, 0.2) is 0 Å². The van der Waals surface area contributed by atoms with Crippen molar-refractivity contribution in [3.05, 3.63) is 27.1 Å². The summed E-state index contributed by atoms with van der Waals surface area (Å²) >= 11 is 1.30. The van der Waals surface area contributed by atoms with Crippen molar-refractivity contribution in [2.45, 2.75) is 39.5 Å². The van der Waals surface area contributed by atoms with Crippen molar-refractivity contribution < 1.29 is 4.79 Å². The number of aryl methyl sites for hydroxylation is 2. The first-order chi connectivity index (χ1) is 12.5. The van der Waals surface area contributed by atoms with Gasteiger partial charge in [-0.25, -0.2) is 4.98 Å². The molecule has 0 aromatic carbocycles. The number of nitrogens with zero attached hydrogens (tertiary/aromatic N) is 3. The Labute approximate surface area is 158 Å². The van der Waals surface area contributed by atoms with E-state index in [9.17, 15) is 9.59 Å². The Morgan fingerprint density at radius 3 is 3.00 bits per heavy atom. The summed E-state index contributed by atoms with van der Waals surface area (Å²) in [6.07, 6.45) is 6.22. The molecule has 1 saturated heterocycles. The highest BCUT2D eigenvalue weighted by Gasteiger charge is 2.19. The topological polar surface area (TPSA) is 67.2 Å². The molecule has 3 rings (SSSR count). The van der Waals surface area contributed by atoms with E-state index in [2.05, 4.69) is 22.1 Å². The van der Waals surface area contributed by atoms with Gasteiger partial charge >= 0.3 is 0 Å². The monoisotopic (exact) mass is 376 g/mol. The summed E-state index contributed by atoms with van der Waals surface area (Å²) in [5.41, 5.74) is 0.636. The quantitative estimate of drug-likeness (QED) is 0.787. The predicted octanol–water partition coefficient (Wildman–Crippen LogP) is 2.55. The third kappa shape index (κ3) is 4.15. The van der Waals surface area contributed by atoms with Crippen LogP contribution in [0.2, 0.25) is 0 Å². The number of likely N-dealkylation sites (tertiary alicyclic amines) is 1. The van der Waals surface area contributed by atoms with E-state index in [0.29, 0.717) is 21.6 Å². The highest BCUT2D eigenvalue weighted by Crippen LogP contribution is 2.26. The summed E-state index contributed by atoms with van der Waals surface area (Å²) < 4.78 is 1.45. The number of amides is 1. The van der Waals surface area contributed by atoms with E-state index in [1.807, 2.05) is 6.92 Å². The minimum absolute atomic E-state index is 0.0980. The Kier molecular flexibility index (Phi) is 6.09. The molecule has 26 heavy (non-hydrogen) atoms. The van der Waals surface area contributed by atoms with Crippen LogP contribution in [-0.2, 0) is 7.05 Å². The van der Waals surface area contributed by atoms with Gasteiger partial charge in [0.1, 0.15) is 4.83 Å². The fraction of sp³-hybridized carbons (Fsp3) is 0.632. The zero-order valence-electron chi connectivity index (χ0n) is 15.9. The van der Waals surface area contributed by atoms with Gasteiger partial charge in [-0.2, -0.15) is 0 Å². The van der Waals surface area contributed by atoms with Gasteiger partial charge in [-0.3, -0.25) is 9.59 Å². The molecule has 7 heteroatoms. The number of rotatable bonds is 6. The van der Waals surface area contributed by atoms with Crippen LogP contribution in [0.1, 0.15) is 47.8 Å². The molecule has 0 saturated carbocycles. The molecule has 2 aromatic rings. The van der Waals surface area contributed by atoms with Gasteiger partial charge in [-0.05, 0) is 57.2 Å². The summed E-state index contributed by atoms with van der Waals surface area (Å²) in [7, 11) is 1.68. The number of hydrogen-bond donors (Lipinski definition) is 1. The normalized spacial score (nSPS) is 18.3. The van der Waals surface area contributed by atoms with E-state index < -0.39 is 0 Å². The number of hydrogen-bond acceptors (Lipinski definition) is 5. The molecule has 1 amide bonds. The molecule has 2 aromatic heterocycles. The van der Waals surface area contributed by atoms with Crippen molar-refractivity contribution in [2.24, 2.45) is 13.0 Å². The van der Waals surface area contributed by atoms with Gasteiger partial charge in [0.2, 0.25) is 0 Å². The molecule has 1 aliphatic rings. The summed E-state index contributed by atoms with van der Waals surface area (Å²) in [6.45, 7) is 8.34. The van der Waals surface area contributed by atoms with Gasteiger partial charge in [-0.15, -0.1) is 11.3 Å². The van der Waals surface area contributed by atoms with E-state index in [1.54, 1.807) is 7.05 Å². The maximum atomic E-state index is 12.5. The molecule has 1 fully saturated rings. The van der Waals surface area contributed by atoms with Crippen LogP contribution < -0.4 is 10.9 Å². The SMILES string of the molecule is Cc1c(C(=O)NCCCCN2CCCC(C)C2)sc2ncn(C)c(=O)c12. The lowest BCUT2D eigenvalue weighted by atomic mass is 10.0. The maximum absolute atomic E-state index is 12.5. The van der Waals surface area contributed by atoms with Gasteiger partial charge in [0, 0.05) is 20.1 Å². The lowest BCUT2D eigenvalue weighted by Crippen LogP contribution is -2.35. The van der Waals surface area contributed by atoms with E-state index in [0.717, 1.165) is 30.9 Å². The lowest BCUT2D eigenvalue weighted by molar-refractivity contribution is 0.0956. The minimum Gasteiger partial charge on any atom is -0.351 e. The molecular weight excluding hydrogens is 348 g/mol. The van der Waals surface area contributed by atoms with Crippen molar-refractivity contribution in [3.8, 4) is 0 Å². The molecule has 0 radical (unpaired) electrons. The smallest absolute Gasteiger partial charge is 0.262 e. The Morgan fingerprint density at radius 1 is 1.42 bits per heavy atom. The molecule has 142 valence electrons.